The Morgan fingerprint density at radius 2 is 1.81 bits per heavy atom. The molecule has 0 spiro atoms. The molecule has 8 nitrogen and oxygen atoms in total. The van der Waals surface area contributed by atoms with Crippen LogP contribution in [0.15, 0.2) is 0 Å². The largest absolute Gasteiger partial charge is 0.475 e. The molecule has 3 rings (SSSR count). The van der Waals surface area contributed by atoms with E-state index in [1.54, 1.807) is 0 Å². The maximum Gasteiger partial charge on any atom is 0.475 e. The zero-order chi connectivity index (χ0) is 21.2. The second kappa shape index (κ2) is 9.63. The van der Waals surface area contributed by atoms with Gasteiger partial charge in [-0.15, -0.1) is 0 Å². The van der Waals surface area contributed by atoms with Gasteiger partial charge in [-0.1, -0.05) is 0 Å². The lowest BCUT2D eigenvalue weighted by atomic mass is 10.1. The first-order chi connectivity index (χ1) is 13.6. The quantitative estimate of drug-likeness (QED) is 0.563. The SMILES string of the molecule is [3H][C@@H]1C[C@H](OC(C)C)[C@@H]([C@@H]2CCO[P@](=O)(O[C@H]3C[C@@H]([3H])O[C@@H]3COC(C)C)O2)O1. The van der Waals surface area contributed by atoms with Crippen molar-refractivity contribution in [2.75, 3.05) is 26.4 Å². The molecule has 0 unspecified atom stereocenters. The molecule has 3 saturated heterocycles. The number of hydrogen-bond acceptors (Lipinski definition) is 8. The fourth-order valence-electron chi connectivity index (χ4n) is 3.33. The van der Waals surface area contributed by atoms with Gasteiger partial charge >= 0.3 is 7.82 Å². The van der Waals surface area contributed by atoms with Crippen molar-refractivity contribution in [1.82, 2.24) is 0 Å². The molecule has 0 aromatic heterocycles. The van der Waals surface area contributed by atoms with Gasteiger partial charge in [-0.3, -0.25) is 13.6 Å². The first-order valence-corrected chi connectivity index (χ1v) is 11.1. The van der Waals surface area contributed by atoms with Gasteiger partial charge in [0.2, 0.25) is 0 Å². The van der Waals surface area contributed by atoms with Crippen LogP contribution in [0.3, 0.4) is 0 Å². The average Bonchev–Trinajstić information content (AvgIpc) is 3.14. The summed E-state index contributed by atoms with van der Waals surface area (Å²) in [5.41, 5.74) is 0. The first kappa shape index (κ1) is 18.9. The number of hydrogen-bond donors (Lipinski definition) is 0. The van der Waals surface area contributed by atoms with Gasteiger partial charge in [0, 0.05) is 26.0 Å². The Kier molecular flexibility index (Phi) is 6.76. The molecule has 0 aromatic rings. The number of phosphoric ester groups is 1. The van der Waals surface area contributed by atoms with Crippen LogP contribution in [-0.4, -0.2) is 69.1 Å². The summed E-state index contributed by atoms with van der Waals surface area (Å²) in [6, 6.07) is 0. The van der Waals surface area contributed by atoms with Gasteiger partial charge < -0.3 is 18.9 Å². The van der Waals surface area contributed by atoms with E-state index in [1.807, 2.05) is 27.7 Å². The molecular formula is C18H33O8P. The predicted molar refractivity (Wildman–Crippen MR) is 97.7 cm³/mol. The maximum atomic E-state index is 13.2. The molecule has 3 aliphatic heterocycles. The molecule has 158 valence electrons. The molecule has 8 atom stereocenters. The van der Waals surface area contributed by atoms with Crippen LogP contribution in [0.5, 0.6) is 0 Å². The lowest BCUT2D eigenvalue weighted by Crippen LogP contribution is -2.41. The molecule has 0 amide bonds. The van der Waals surface area contributed by atoms with Crippen LogP contribution in [0.4, 0.5) is 0 Å². The van der Waals surface area contributed by atoms with Crippen molar-refractivity contribution < 1.29 is 39.8 Å². The number of phosphoric acid groups is 1. The topological polar surface area (TPSA) is 81.7 Å². The van der Waals surface area contributed by atoms with Gasteiger partial charge in [-0.2, -0.15) is 0 Å². The summed E-state index contributed by atoms with van der Waals surface area (Å²) in [5.74, 6) is 0. The average molecular weight is 412 g/mol. The maximum absolute atomic E-state index is 13.2. The van der Waals surface area contributed by atoms with E-state index in [0.717, 1.165) is 0 Å². The summed E-state index contributed by atoms with van der Waals surface area (Å²) in [7, 11) is -3.88. The smallest absolute Gasteiger partial charge is 0.376 e. The molecule has 9 heteroatoms. The normalized spacial score (nSPS) is 46.8. The van der Waals surface area contributed by atoms with E-state index < -0.39 is 45.4 Å². The van der Waals surface area contributed by atoms with Gasteiger partial charge in [-0.25, -0.2) is 4.57 Å². The van der Waals surface area contributed by atoms with Crippen molar-refractivity contribution in [1.29, 1.82) is 0 Å². The molecule has 3 aliphatic rings. The molecule has 0 aromatic carbocycles. The first-order valence-electron chi connectivity index (χ1n) is 10.8. The Bertz CT molecular complexity index is 580. The van der Waals surface area contributed by atoms with Crippen LogP contribution in [0.1, 0.15) is 49.7 Å². The van der Waals surface area contributed by atoms with Crippen molar-refractivity contribution in [3.8, 4) is 0 Å². The predicted octanol–water partition coefficient (Wildman–Crippen LogP) is 3.08. The Labute approximate surface area is 164 Å². The van der Waals surface area contributed by atoms with Crippen LogP contribution < -0.4 is 0 Å². The minimum absolute atomic E-state index is 0.00169. The molecule has 27 heavy (non-hydrogen) atoms. The third-order valence-electron chi connectivity index (χ3n) is 4.55. The minimum atomic E-state index is -3.88. The molecule has 0 N–H and O–H groups in total. The summed E-state index contributed by atoms with van der Waals surface area (Å²) in [6.07, 6.45) is -1.40. The minimum Gasteiger partial charge on any atom is -0.376 e. The van der Waals surface area contributed by atoms with Gasteiger partial charge in [0.1, 0.15) is 24.4 Å². The van der Waals surface area contributed by atoms with Gasteiger partial charge in [-0.05, 0) is 34.1 Å². The van der Waals surface area contributed by atoms with Crippen molar-refractivity contribution in [3.05, 3.63) is 0 Å². The third kappa shape index (κ3) is 5.97. The summed E-state index contributed by atoms with van der Waals surface area (Å²) in [4.78, 5) is 0. The summed E-state index contributed by atoms with van der Waals surface area (Å²) in [5, 5.41) is 0. The van der Waals surface area contributed by atoms with E-state index >= 15 is 0 Å². The van der Waals surface area contributed by atoms with E-state index in [2.05, 4.69) is 0 Å². The Morgan fingerprint density at radius 3 is 2.56 bits per heavy atom. The fraction of sp³-hybridized carbons (Fsp3) is 1.00. The molecule has 3 heterocycles. The van der Waals surface area contributed by atoms with E-state index in [4.69, 9.17) is 35.3 Å². The molecular weight excluding hydrogens is 375 g/mol. The van der Waals surface area contributed by atoms with Gasteiger partial charge in [0.25, 0.3) is 0 Å². The number of ether oxygens (including phenoxy) is 4. The van der Waals surface area contributed by atoms with Crippen LogP contribution >= 0.6 is 7.82 Å². The van der Waals surface area contributed by atoms with Crippen LogP contribution in [0, 0.1) is 0 Å². The Hall–Kier alpha value is -0.0500. The summed E-state index contributed by atoms with van der Waals surface area (Å²) < 4.78 is 68.5. The van der Waals surface area contributed by atoms with E-state index in [1.165, 1.54) is 0 Å². The lowest BCUT2D eigenvalue weighted by molar-refractivity contribution is -0.107. The van der Waals surface area contributed by atoms with Crippen LogP contribution in [0.25, 0.3) is 0 Å². The van der Waals surface area contributed by atoms with Crippen molar-refractivity contribution in [2.24, 2.45) is 0 Å². The van der Waals surface area contributed by atoms with E-state index in [9.17, 15) is 4.57 Å². The highest BCUT2D eigenvalue weighted by atomic mass is 31.2. The van der Waals surface area contributed by atoms with Gasteiger partial charge in [0.05, 0.1) is 34.3 Å². The molecule has 3 fully saturated rings. The van der Waals surface area contributed by atoms with Crippen molar-refractivity contribution >= 4 is 7.82 Å². The standard InChI is InChI=1S/C18H33O8P/c1-12(2)22-11-17-14(5-8-20-17)25-27(19)23-10-7-16(26-27)18-15(6-9-21-18)24-13(3)4/h12-18H,5-11H2,1-4H3/t14-,15-,16-,17+,18-,27+/m0/s1/i8T,9T/t8-,9-,14+,15+,16+,17-,18+,27-/m1. The second-order valence-electron chi connectivity index (χ2n) is 7.54. The van der Waals surface area contributed by atoms with Crippen molar-refractivity contribution in [3.63, 3.8) is 0 Å². The highest BCUT2D eigenvalue weighted by Gasteiger charge is 2.47. The molecule has 0 bridgehead atoms. The Balaban J connectivity index is 1.63. The lowest BCUT2D eigenvalue weighted by Gasteiger charge is -2.35. The molecule has 0 radical (unpaired) electrons. The highest BCUT2D eigenvalue weighted by Crippen LogP contribution is 2.56. The third-order valence-corrected chi connectivity index (χ3v) is 6.11. The van der Waals surface area contributed by atoms with Crippen LogP contribution in [-0.2, 0) is 37.1 Å². The van der Waals surface area contributed by atoms with E-state index in [-0.39, 0.29) is 37.9 Å². The summed E-state index contributed by atoms with van der Waals surface area (Å²) >= 11 is 0. The van der Waals surface area contributed by atoms with Crippen molar-refractivity contribution in [2.45, 2.75) is 89.7 Å². The second-order valence-corrected chi connectivity index (χ2v) is 9.12. The fourth-order valence-corrected chi connectivity index (χ4v) is 4.94. The zero-order valence-electron chi connectivity index (χ0n) is 18.4. The summed E-state index contributed by atoms with van der Waals surface area (Å²) in [6.45, 7) is 6.58. The number of rotatable bonds is 8. The highest BCUT2D eigenvalue weighted by molar-refractivity contribution is 7.48. The van der Waals surface area contributed by atoms with Gasteiger partial charge in [0.15, 0.2) is 0 Å². The van der Waals surface area contributed by atoms with E-state index in [0.29, 0.717) is 12.8 Å². The Morgan fingerprint density at radius 1 is 1.07 bits per heavy atom. The molecule has 0 aliphatic carbocycles. The molecule has 0 saturated carbocycles. The zero-order valence-corrected chi connectivity index (χ0v) is 17.3. The van der Waals surface area contributed by atoms with Crippen LogP contribution in [0.2, 0.25) is 0 Å². The monoisotopic (exact) mass is 412 g/mol.